The minimum absolute atomic E-state index is 0.0460. The standard InChI is InChI=1S/C22H18F3N3O3S/c1-13-27-19-11-18(23)17(14-6-8-16(9-7-14)32(26,29)30)10-20(19)28(13)12-15-4-2-3-5-21(15)31-22(24)25/h2-11,22H,12H2,1H3,(H2,26,29,30). The predicted octanol–water partition coefficient (Wildman–Crippen LogP) is 4.45. The molecular formula is C22H18F3N3O3S. The SMILES string of the molecule is Cc1nc2cc(F)c(-c3ccc(S(N)(=O)=O)cc3)cc2n1Cc1ccccc1OC(F)F. The second kappa shape index (κ2) is 8.29. The van der Waals surface area contributed by atoms with Gasteiger partial charge in [-0.1, -0.05) is 30.3 Å². The molecular weight excluding hydrogens is 443 g/mol. The second-order valence-corrected chi connectivity index (χ2v) is 8.68. The molecule has 4 rings (SSSR count). The molecule has 1 heterocycles. The first-order valence-electron chi connectivity index (χ1n) is 9.46. The van der Waals surface area contributed by atoms with Crippen molar-refractivity contribution in [2.45, 2.75) is 25.0 Å². The molecule has 0 bridgehead atoms. The Morgan fingerprint density at radius 2 is 1.78 bits per heavy atom. The van der Waals surface area contributed by atoms with E-state index in [1.54, 1.807) is 35.8 Å². The van der Waals surface area contributed by atoms with Crippen molar-refractivity contribution in [3.63, 3.8) is 0 Å². The molecule has 3 aromatic carbocycles. The van der Waals surface area contributed by atoms with E-state index in [1.165, 1.54) is 36.4 Å². The van der Waals surface area contributed by atoms with Crippen LogP contribution in [0.5, 0.6) is 5.75 Å². The first kappa shape index (κ1) is 21.8. The highest BCUT2D eigenvalue weighted by molar-refractivity contribution is 7.89. The van der Waals surface area contributed by atoms with Crippen LogP contribution >= 0.6 is 0 Å². The zero-order valence-corrected chi connectivity index (χ0v) is 17.6. The van der Waals surface area contributed by atoms with Gasteiger partial charge < -0.3 is 9.30 Å². The summed E-state index contributed by atoms with van der Waals surface area (Å²) in [5.41, 5.74) is 2.18. The molecule has 0 aliphatic carbocycles. The minimum Gasteiger partial charge on any atom is -0.434 e. The number of hydrogen-bond donors (Lipinski definition) is 1. The molecule has 0 spiro atoms. The summed E-state index contributed by atoms with van der Waals surface area (Å²) in [6.07, 6.45) is 0. The number of nitrogens with zero attached hydrogens (tertiary/aromatic N) is 2. The van der Waals surface area contributed by atoms with E-state index in [2.05, 4.69) is 9.72 Å². The van der Waals surface area contributed by atoms with Crippen molar-refractivity contribution < 1.29 is 26.3 Å². The summed E-state index contributed by atoms with van der Waals surface area (Å²) in [4.78, 5) is 4.30. The van der Waals surface area contributed by atoms with Crippen LogP contribution in [0.2, 0.25) is 0 Å². The normalized spacial score (nSPS) is 11.9. The van der Waals surface area contributed by atoms with Gasteiger partial charge in [0.2, 0.25) is 10.0 Å². The predicted molar refractivity (Wildman–Crippen MR) is 113 cm³/mol. The first-order valence-corrected chi connectivity index (χ1v) is 11.0. The summed E-state index contributed by atoms with van der Waals surface area (Å²) < 4.78 is 69.7. The number of aryl methyl sites for hydroxylation is 1. The minimum atomic E-state index is -3.87. The van der Waals surface area contributed by atoms with Gasteiger partial charge in [0.25, 0.3) is 0 Å². The summed E-state index contributed by atoms with van der Waals surface area (Å²) in [5, 5.41) is 5.12. The first-order chi connectivity index (χ1) is 15.1. The van der Waals surface area contributed by atoms with Crippen LogP contribution in [-0.4, -0.2) is 24.6 Å². The Kier molecular flexibility index (Phi) is 5.66. The lowest BCUT2D eigenvalue weighted by Gasteiger charge is -2.13. The number of fused-ring (bicyclic) bond motifs is 1. The van der Waals surface area contributed by atoms with Gasteiger partial charge in [0.1, 0.15) is 17.4 Å². The summed E-state index contributed by atoms with van der Waals surface area (Å²) in [6.45, 7) is -1.05. The van der Waals surface area contributed by atoms with E-state index >= 15 is 0 Å². The fourth-order valence-corrected chi connectivity index (χ4v) is 4.04. The third kappa shape index (κ3) is 4.32. The third-order valence-electron chi connectivity index (χ3n) is 5.04. The summed E-state index contributed by atoms with van der Waals surface area (Å²) >= 11 is 0. The lowest BCUT2D eigenvalue weighted by atomic mass is 10.0. The number of sulfonamides is 1. The van der Waals surface area contributed by atoms with Crippen LogP contribution < -0.4 is 9.88 Å². The number of halogens is 3. The van der Waals surface area contributed by atoms with Crippen molar-refractivity contribution in [2.24, 2.45) is 5.14 Å². The molecule has 0 saturated carbocycles. The lowest BCUT2D eigenvalue weighted by Crippen LogP contribution is -2.11. The number of nitrogens with two attached hydrogens (primary N) is 1. The Labute approximate surface area is 182 Å². The van der Waals surface area contributed by atoms with Gasteiger partial charge >= 0.3 is 6.61 Å². The van der Waals surface area contributed by atoms with Crippen LogP contribution in [0.3, 0.4) is 0 Å². The Morgan fingerprint density at radius 1 is 1.09 bits per heavy atom. The van der Waals surface area contributed by atoms with Crippen LogP contribution in [0.15, 0.2) is 65.6 Å². The number of imidazole rings is 1. The van der Waals surface area contributed by atoms with E-state index in [4.69, 9.17) is 5.14 Å². The number of primary sulfonamides is 1. The third-order valence-corrected chi connectivity index (χ3v) is 5.97. The Bertz CT molecular complexity index is 1400. The summed E-state index contributed by atoms with van der Waals surface area (Å²) in [5.74, 6) is 0.0737. The van der Waals surface area contributed by atoms with Crippen LogP contribution in [0.25, 0.3) is 22.2 Å². The zero-order valence-electron chi connectivity index (χ0n) is 16.8. The quantitative estimate of drug-likeness (QED) is 0.460. The van der Waals surface area contributed by atoms with Crippen molar-refractivity contribution in [1.82, 2.24) is 9.55 Å². The topological polar surface area (TPSA) is 87.2 Å². The van der Waals surface area contributed by atoms with Gasteiger partial charge in [-0.2, -0.15) is 8.78 Å². The zero-order chi connectivity index (χ0) is 23.0. The monoisotopic (exact) mass is 461 g/mol. The van der Waals surface area contributed by atoms with E-state index in [0.29, 0.717) is 28.0 Å². The molecule has 0 aliphatic heterocycles. The number of rotatable bonds is 6. The summed E-state index contributed by atoms with van der Waals surface area (Å²) in [7, 11) is -3.87. The molecule has 0 radical (unpaired) electrons. The number of aromatic nitrogens is 2. The average Bonchev–Trinajstić information content (AvgIpc) is 3.02. The number of benzene rings is 3. The van der Waals surface area contributed by atoms with Gasteiger partial charge in [0.05, 0.1) is 22.5 Å². The Balaban J connectivity index is 1.79. The van der Waals surface area contributed by atoms with Gasteiger partial charge in [0, 0.05) is 17.2 Å². The molecule has 0 fully saturated rings. The van der Waals surface area contributed by atoms with Gasteiger partial charge in [-0.3, -0.25) is 0 Å². The highest BCUT2D eigenvalue weighted by Gasteiger charge is 2.17. The van der Waals surface area contributed by atoms with Gasteiger partial charge in [-0.15, -0.1) is 0 Å². The molecule has 6 nitrogen and oxygen atoms in total. The molecule has 0 unspecified atom stereocenters. The highest BCUT2D eigenvalue weighted by Crippen LogP contribution is 2.30. The fraction of sp³-hybridized carbons (Fsp3) is 0.136. The molecule has 0 atom stereocenters. The lowest BCUT2D eigenvalue weighted by molar-refractivity contribution is -0.0504. The maximum atomic E-state index is 14.8. The van der Waals surface area contributed by atoms with E-state index in [-0.39, 0.29) is 22.8 Å². The molecule has 1 aromatic heterocycles. The molecule has 166 valence electrons. The van der Waals surface area contributed by atoms with Gasteiger partial charge in [-0.05, 0) is 36.8 Å². The van der Waals surface area contributed by atoms with E-state index in [9.17, 15) is 21.6 Å². The number of ether oxygens (including phenoxy) is 1. The Hall–Kier alpha value is -3.37. The van der Waals surface area contributed by atoms with Gasteiger partial charge in [0.15, 0.2) is 0 Å². The summed E-state index contributed by atoms with van der Waals surface area (Å²) in [6, 6.07) is 14.8. The Morgan fingerprint density at radius 3 is 2.44 bits per heavy atom. The fourth-order valence-electron chi connectivity index (χ4n) is 3.53. The van der Waals surface area contributed by atoms with Crippen LogP contribution in [0, 0.1) is 12.7 Å². The average molecular weight is 461 g/mol. The molecule has 10 heteroatoms. The van der Waals surface area contributed by atoms with E-state index in [1.807, 2.05) is 0 Å². The van der Waals surface area contributed by atoms with E-state index in [0.717, 1.165) is 0 Å². The number of para-hydroxylation sites is 1. The molecule has 0 aliphatic rings. The smallest absolute Gasteiger partial charge is 0.387 e. The van der Waals surface area contributed by atoms with Crippen LogP contribution in [-0.2, 0) is 16.6 Å². The van der Waals surface area contributed by atoms with Gasteiger partial charge in [-0.25, -0.2) is 22.9 Å². The molecule has 0 amide bonds. The van der Waals surface area contributed by atoms with E-state index < -0.39 is 22.5 Å². The van der Waals surface area contributed by atoms with Crippen molar-refractivity contribution in [3.05, 3.63) is 77.9 Å². The van der Waals surface area contributed by atoms with Crippen LogP contribution in [0.1, 0.15) is 11.4 Å². The highest BCUT2D eigenvalue weighted by atomic mass is 32.2. The molecule has 0 saturated heterocycles. The van der Waals surface area contributed by atoms with Crippen LogP contribution in [0.4, 0.5) is 13.2 Å². The maximum absolute atomic E-state index is 14.8. The second-order valence-electron chi connectivity index (χ2n) is 7.12. The number of alkyl halides is 2. The van der Waals surface area contributed by atoms with Crippen molar-refractivity contribution >= 4 is 21.1 Å². The number of hydrogen-bond acceptors (Lipinski definition) is 4. The molecule has 4 aromatic rings. The molecule has 2 N–H and O–H groups in total. The van der Waals surface area contributed by atoms with Crippen molar-refractivity contribution in [2.75, 3.05) is 0 Å². The van der Waals surface area contributed by atoms with Crippen molar-refractivity contribution in [1.29, 1.82) is 0 Å². The van der Waals surface area contributed by atoms with Crippen molar-refractivity contribution in [3.8, 4) is 16.9 Å². The largest absolute Gasteiger partial charge is 0.434 e. The maximum Gasteiger partial charge on any atom is 0.387 e. The molecule has 32 heavy (non-hydrogen) atoms.